The Balaban J connectivity index is 1.34. The van der Waals surface area contributed by atoms with E-state index in [1.807, 2.05) is 36.5 Å². The van der Waals surface area contributed by atoms with Crippen molar-refractivity contribution in [1.29, 1.82) is 0 Å². The second-order valence-electron chi connectivity index (χ2n) is 10.1. The van der Waals surface area contributed by atoms with E-state index in [1.54, 1.807) is 7.05 Å². The Morgan fingerprint density at radius 1 is 1.03 bits per heavy atom. The van der Waals surface area contributed by atoms with Gasteiger partial charge < -0.3 is 4.74 Å². The smallest absolute Gasteiger partial charge is 0.332 e. The first kappa shape index (κ1) is 22.5. The molecule has 6 nitrogen and oxygen atoms in total. The van der Waals surface area contributed by atoms with Crippen LogP contribution in [0.4, 0.5) is 5.82 Å². The monoisotopic (exact) mass is 457 g/mol. The highest BCUT2D eigenvalue weighted by Crippen LogP contribution is 2.36. The van der Waals surface area contributed by atoms with Crippen LogP contribution in [0.3, 0.4) is 0 Å². The van der Waals surface area contributed by atoms with Crippen LogP contribution in [-0.2, 0) is 31.2 Å². The van der Waals surface area contributed by atoms with Crippen LogP contribution < -0.4 is 11.2 Å². The summed E-state index contributed by atoms with van der Waals surface area (Å²) in [5, 5.41) is 0. The topological polar surface area (TPSA) is 65.6 Å². The van der Waals surface area contributed by atoms with Crippen molar-refractivity contribution in [3.63, 3.8) is 0 Å². The van der Waals surface area contributed by atoms with Crippen molar-refractivity contribution >= 4 is 12.0 Å². The van der Waals surface area contributed by atoms with Crippen LogP contribution in [0.15, 0.2) is 69.2 Å². The maximum Gasteiger partial charge on any atom is 0.332 e. The van der Waals surface area contributed by atoms with Gasteiger partial charge in [-0.1, -0.05) is 67.1 Å². The molecule has 176 valence electrons. The van der Waals surface area contributed by atoms with E-state index < -0.39 is 0 Å². The summed E-state index contributed by atoms with van der Waals surface area (Å²) in [6, 6.07) is 18.4. The quantitative estimate of drug-likeness (QED) is 0.555. The van der Waals surface area contributed by atoms with E-state index in [-0.39, 0.29) is 28.8 Å². The Morgan fingerprint density at radius 2 is 1.74 bits per heavy atom. The molecular formula is C28H31N3O3. The molecule has 0 N–H and O–H groups in total. The molecule has 34 heavy (non-hydrogen) atoms. The first-order valence-corrected chi connectivity index (χ1v) is 11.9. The zero-order valence-corrected chi connectivity index (χ0v) is 20.0. The molecule has 1 aliphatic carbocycles. The molecule has 6 heteroatoms. The summed E-state index contributed by atoms with van der Waals surface area (Å²) >= 11 is 0. The zero-order chi connectivity index (χ0) is 23.9. The maximum atomic E-state index is 13.5. The fourth-order valence-corrected chi connectivity index (χ4v) is 5.04. The van der Waals surface area contributed by atoms with Crippen molar-refractivity contribution in [2.45, 2.75) is 58.3 Å². The highest BCUT2D eigenvalue weighted by atomic mass is 16.5. The van der Waals surface area contributed by atoms with Gasteiger partial charge in [-0.05, 0) is 43.7 Å². The highest BCUT2D eigenvalue weighted by Gasteiger charge is 2.37. The predicted octanol–water partition coefficient (Wildman–Crippen LogP) is 4.28. The lowest BCUT2D eigenvalue weighted by Gasteiger charge is -2.37. The van der Waals surface area contributed by atoms with Gasteiger partial charge >= 0.3 is 5.69 Å². The molecule has 1 fully saturated rings. The van der Waals surface area contributed by atoms with Gasteiger partial charge in [-0.3, -0.25) is 13.9 Å². The summed E-state index contributed by atoms with van der Waals surface area (Å²) in [6.07, 6.45) is 4.66. The van der Waals surface area contributed by atoms with E-state index in [2.05, 4.69) is 43.1 Å². The van der Waals surface area contributed by atoms with Crippen LogP contribution in [0, 0.1) is 12.3 Å². The Hall–Kier alpha value is -3.25. The molecule has 0 bridgehead atoms. The van der Waals surface area contributed by atoms with Gasteiger partial charge in [0.05, 0.1) is 18.3 Å². The molecule has 1 aromatic heterocycles. The number of hydrogen-bond donors (Lipinski definition) is 0. The number of aliphatic imine (C=N–C) groups is 1. The number of ether oxygens (including phenoxy) is 1. The summed E-state index contributed by atoms with van der Waals surface area (Å²) in [4.78, 5) is 31.2. The standard InChI is InChI=1S/C28H31N3O3/c1-19-9-11-20(12-10-19)15-28(2)16-24-25(29-18-28)30(3)27(33)31(26(24)32)22-13-23(14-22)34-17-21-7-5-4-6-8-21/h4-12,18,22-23H,13-17H2,1-3H3/t22?,23?,28-/m0/s1. The van der Waals surface area contributed by atoms with E-state index in [0.717, 1.165) is 12.0 Å². The number of aryl methyl sites for hydroxylation is 1. The van der Waals surface area contributed by atoms with Crippen LogP contribution >= 0.6 is 0 Å². The van der Waals surface area contributed by atoms with Crippen LogP contribution in [0.25, 0.3) is 0 Å². The van der Waals surface area contributed by atoms with Crippen LogP contribution in [0.2, 0.25) is 0 Å². The van der Waals surface area contributed by atoms with E-state index >= 15 is 0 Å². The van der Waals surface area contributed by atoms with Gasteiger partial charge in [0.15, 0.2) is 0 Å². The molecule has 0 amide bonds. The number of hydrogen-bond acceptors (Lipinski definition) is 4. The van der Waals surface area contributed by atoms with Gasteiger partial charge in [0, 0.05) is 24.7 Å². The summed E-state index contributed by atoms with van der Waals surface area (Å²) in [7, 11) is 1.71. The average Bonchev–Trinajstić information content (AvgIpc) is 2.80. The van der Waals surface area contributed by atoms with E-state index in [9.17, 15) is 9.59 Å². The molecule has 0 saturated heterocycles. The van der Waals surface area contributed by atoms with Crippen molar-refractivity contribution in [1.82, 2.24) is 9.13 Å². The molecule has 1 atom stereocenters. The summed E-state index contributed by atoms with van der Waals surface area (Å²) < 4.78 is 8.96. The lowest BCUT2D eigenvalue weighted by Crippen LogP contribution is -2.49. The van der Waals surface area contributed by atoms with E-state index in [4.69, 9.17) is 4.74 Å². The largest absolute Gasteiger partial charge is 0.373 e. The maximum absolute atomic E-state index is 13.5. The second-order valence-corrected chi connectivity index (χ2v) is 10.1. The van der Waals surface area contributed by atoms with Crippen molar-refractivity contribution in [3.05, 3.63) is 97.7 Å². The molecular weight excluding hydrogens is 426 g/mol. The zero-order valence-electron chi connectivity index (χ0n) is 20.0. The number of benzene rings is 2. The SMILES string of the molecule is Cc1ccc(C[C@]2(C)C=Nc3c(c(=O)n(C4CC(OCc5ccccc5)C4)c(=O)n3C)C2)cc1. The van der Waals surface area contributed by atoms with E-state index in [1.165, 1.54) is 20.3 Å². The van der Waals surface area contributed by atoms with Crippen molar-refractivity contribution in [2.75, 3.05) is 0 Å². The van der Waals surface area contributed by atoms with Gasteiger partial charge in [-0.2, -0.15) is 0 Å². The van der Waals surface area contributed by atoms with Gasteiger partial charge in [0.1, 0.15) is 5.82 Å². The van der Waals surface area contributed by atoms with Crippen molar-refractivity contribution in [2.24, 2.45) is 17.5 Å². The lowest BCUT2D eigenvalue weighted by molar-refractivity contribution is -0.0376. The van der Waals surface area contributed by atoms with Crippen LogP contribution in [0.5, 0.6) is 0 Å². The molecule has 0 radical (unpaired) electrons. The Bertz CT molecular complexity index is 1330. The number of fused-ring (bicyclic) bond motifs is 1. The van der Waals surface area contributed by atoms with Crippen LogP contribution in [-0.4, -0.2) is 21.5 Å². The third-order valence-corrected chi connectivity index (χ3v) is 7.13. The second kappa shape index (κ2) is 8.84. The Kier molecular flexibility index (Phi) is 5.86. The average molecular weight is 458 g/mol. The Morgan fingerprint density at radius 3 is 2.44 bits per heavy atom. The van der Waals surface area contributed by atoms with Gasteiger partial charge in [-0.15, -0.1) is 0 Å². The molecule has 0 unspecified atom stereocenters. The fourth-order valence-electron chi connectivity index (χ4n) is 5.04. The summed E-state index contributed by atoms with van der Waals surface area (Å²) in [5.41, 5.74) is 3.42. The minimum atomic E-state index is -0.297. The fraction of sp³-hybridized carbons (Fsp3) is 0.393. The normalized spacial score (nSPS) is 23.4. The van der Waals surface area contributed by atoms with E-state index in [0.29, 0.717) is 37.3 Å². The molecule has 1 aliphatic heterocycles. The molecule has 3 aromatic rings. The molecule has 2 aromatic carbocycles. The minimum Gasteiger partial charge on any atom is -0.373 e. The van der Waals surface area contributed by atoms with Crippen molar-refractivity contribution < 1.29 is 4.74 Å². The number of rotatable bonds is 6. The van der Waals surface area contributed by atoms with Crippen molar-refractivity contribution in [3.8, 4) is 0 Å². The summed E-state index contributed by atoms with van der Waals surface area (Å²) in [6.45, 7) is 4.75. The predicted molar refractivity (Wildman–Crippen MR) is 134 cm³/mol. The van der Waals surface area contributed by atoms with Gasteiger partial charge in [0.25, 0.3) is 5.56 Å². The third-order valence-electron chi connectivity index (χ3n) is 7.13. The summed E-state index contributed by atoms with van der Waals surface area (Å²) in [5.74, 6) is 0.490. The minimum absolute atomic E-state index is 0.0580. The molecule has 5 rings (SSSR count). The van der Waals surface area contributed by atoms with Gasteiger partial charge in [0.2, 0.25) is 0 Å². The first-order valence-electron chi connectivity index (χ1n) is 11.9. The highest BCUT2D eigenvalue weighted by molar-refractivity contribution is 5.73. The first-order chi connectivity index (χ1) is 16.3. The van der Waals surface area contributed by atoms with Gasteiger partial charge in [-0.25, -0.2) is 9.79 Å². The number of nitrogens with zero attached hydrogens (tertiary/aromatic N) is 3. The molecule has 0 spiro atoms. The lowest BCUT2D eigenvalue weighted by atomic mass is 9.78. The molecule has 2 aliphatic rings. The van der Waals surface area contributed by atoms with Crippen LogP contribution in [0.1, 0.15) is 48.1 Å². The molecule has 2 heterocycles. The molecule has 1 saturated carbocycles. The Labute approximate surface area is 199 Å². The number of aromatic nitrogens is 2. The third kappa shape index (κ3) is 4.30.